The van der Waals surface area contributed by atoms with E-state index in [4.69, 9.17) is 4.42 Å². The fourth-order valence-corrected chi connectivity index (χ4v) is 9.09. The molecule has 1 heteroatoms. The first-order valence-corrected chi connectivity index (χ1v) is 17.7. The molecule has 10 aromatic rings. The van der Waals surface area contributed by atoms with E-state index in [1.807, 2.05) is 0 Å². The minimum absolute atomic E-state index is 0.910. The Morgan fingerprint density at radius 2 is 0.627 bits per heavy atom. The Morgan fingerprint density at radius 1 is 0.235 bits per heavy atom. The molecule has 0 unspecified atom stereocenters. The second kappa shape index (κ2) is 9.94. The van der Waals surface area contributed by atoms with Crippen molar-refractivity contribution in [1.82, 2.24) is 0 Å². The first-order valence-electron chi connectivity index (χ1n) is 17.7. The van der Waals surface area contributed by atoms with Crippen LogP contribution in [0.4, 0.5) is 0 Å². The SMILES string of the molecule is c1ccc2c(c1)-c1cccc3c(-c4ccc(-c5ccc6oc7ccc(-c8ccc9c%10c(cccc8%10)-c8ccccc8-9)cc7c6c5)cc4)ccc-2c13. The van der Waals surface area contributed by atoms with Crippen LogP contribution < -0.4 is 0 Å². The molecule has 0 amide bonds. The van der Waals surface area contributed by atoms with Crippen LogP contribution in [0.2, 0.25) is 0 Å². The Labute approximate surface area is 294 Å². The quantitative estimate of drug-likeness (QED) is 0.187. The fourth-order valence-electron chi connectivity index (χ4n) is 9.09. The Hall–Kier alpha value is -6.70. The molecule has 12 rings (SSSR count). The van der Waals surface area contributed by atoms with Crippen molar-refractivity contribution >= 4 is 43.5 Å². The van der Waals surface area contributed by atoms with Crippen molar-refractivity contribution < 1.29 is 4.42 Å². The van der Waals surface area contributed by atoms with Crippen LogP contribution in [0.3, 0.4) is 0 Å². The molecule has 2 aliphatic rings. The number of hydrogen-bond donors (Lipinski definition) is 0. The highest BCUT2D eigenvalue weighted by molar-refractivity contribution is 6.20. The predicted octanol–water partition coefficient (Wildman–Crippen LogP) is 14.2. The zero-order valence-corrected chi connectivity index (χ0v) is 27.6. The lowest BCUT2D eigenvalue weighted by atomic mass is 9.93. The third-order valence-electron chi connectivity index (χ3n) is 11.4. The monoisotopic (exact) mass is 644 g/mol. The van der Waals surface area contributed by atoms with Crippen LogP contribution in [-0.2, 0) is 0 Å². The molecule has 0 radical (unpaired) electrons. The van der Waals surface area contributed by atoms with Gasteiger partial charge in [0.05, 0.1) is 0 Å². The van der Waals surface area contributed by atoms with E-state index in [0.717, 1.165) is 21.9 Å². The number of fused-ring (bicyclic) bond motifs is 9. The van der Waals surface area contributed by atoms with Crippen LogP contribution in [0.1, 0.15) is 0 Å². The maximum absolute atomic E-state index is 6.38. The lowest BCUT2D eigenvalue weighted by molar-refractivity contribution is 0.669. The number of rotatable bonds is 3. The van der Waals surface area contributed by atoms with Crippen molar-refractivity contribution in [2.75, 3.05) is 0 Å². The van der Waals surface area contributed by atoms with Gasteiger partial charge in [0.25, 0.3) is 0 Å². The average molecular weight is 645 g/mol. The standard InChI is InChI=1S/C50H28O/c1-3-9-37-35(7-1)41-13-5-11-39-33(21-23-43(37)49(39)41)30-17-15-29(16-18-30)31-19-25-47-45(27-31)46-28-32(20-26-48(46)51-47)34-22-24-44-38-10-4-2-8-36(38)42-14-6-12-40(34)50(42)44/h1-28H. The van der Waals surface area contributed by atoms with Crippen LogP contribution in [-0.4, -0.2) is 0 Å². The van der Waals surface area contributed by atoms with E-state index in [2.05, 4.69) is 170 Å². The minimum Gasteiger partial charge on any atom is -0.456 e. The third-order valence-corrected chi connectivity index (χ3v) is 11.4. The van der Waals surface area contributed by atoms with E-state index in [-0.39, 0.29) is 0 Å². The highest BCUT2D eigenvalue weighted by atomic mass is 16.3. The number of benzene rings is 9. The Kier molecular flexibility index (Phi) is 5.29. The molecule has 234 valence electrons. The van der Waals surface area contributed by atoms with E-state index in [0.29, 0.717) is 0 Å². The van der Waals surface area contributed by atoms with Gasteiger partial charge in [-0.3, -0.25) is 0 Å². The molecule has 1 heterocycles. The molecular formula is C50H28O. The van der Waals surface area contributed by atoms with Gasteiger partial charge in [0.15, 0.2) is 0 Å². The predicted molar refractivity (Wildman–Crippen MR) is 214 cm³/mol. The molecule has 0 N–H and O–H groups in total. The van der Waals surface area contributed by atoms with E-state index >= 15 is 0 Å². The van der Waals surface area contributed by atoms with Gasteiger partial charge >= 0.3 is 0 Å². The van der Waals surface area contributed by atoms with Gasteiger partial charge in [-0.25, -0.2) is 0 Å². The van der Waals surface area contributed by atoms with E-state index in [1.165, 1.54) is 99.4 Å². The van der Waals surface area contributed by atoms with Crippen molar-refractivity contribution in [3.8, 4) is 77.9 Å². The van der Waals surface area contributed by atoms with Gasteiger partial charge < -0.3 is 4.42 Å². The summed E-state index contributed by atoms with van der Waals surface area (Å²) >= 11 is 0. The van der Waals surface area contributed by atoms with Crippen LogP contribution in [0.25, 0.3) is 121 Å². The van der Waals surface area contributed by atoms with Crippen molar-refractivity contribution in [3.05, 3.63) is 170 Å². The molecule has 0 spiro atoms. The maximum atomic E-state index is 6.38. The fraction of sp³-hybridized carbons (Fsp3) is 0. The third kappa shape index (κ3) is 3.70. The zero-order chi connectivity index (χ0) is 33.2. The molecule has 0 bridgehead atoms. The van der Waals surface area contributed by atoms with Gasteiger partial charge in [-0.05, 0) is 124 Å². The molecule has 1 aromatic heterocycles. The number of hydrogen-bond acceptors (Lipinski definition) is 1. The summed E-state index contributed by atoms with van der Waals surface area (Å²) in [7, 11) is 0. The molecule has 2 aliphatic carbocycles. The molecule has 0 saturated carbocycles. The van der Waals surface area contributed by atoms with Crippen molar-refractivity contribution in [2.24, 2.45) is 0 Å². The van der Waals surface area contributed by atoms with Crippen LogP contribution in [0.15, 0.2) is 174 Å². The van der Waals surface area contributed by atoms with Gasteiger partial charge in [-0.15, -0.1) is 0 Å². The second-order valence-corrected chi connectivity index (χ2v) is 14.0. The molecule has 1 nitrogen and oxygen atoms in total. The summed E-state index contributed by atoms with van der Waals surface area (Å²) in [5.74, 6) is 0. The largest absolute Gasteiger partial charge is 0.456 e. The van der Waals surface area contributed by atoms with Gasteiger partial charge in [0.2, 0.25) is 0 Å². The van der Waals surface area contributed by atoms with E-state index < -0.39 is 0 Å². The van der Waals surface area contributed by atoms with Crippen molar-refractivity contribution in [2.45, 2.75) is 0 Å². The molecule has 0 aliphatic heterocycles. The average Bonchev–Trinajstić information content (AvgIpc) is 3.84. The topological polar surface area (TPSA) is 13.1 Å². The number of furan rings is 1. The van der Waals surface area contributed by atoms with Gasteiger partial charge in [0, 0.05) is 10.8 Å². The molecule has 0 fully saturated rings. The molecular weight excluding hydrogens is 617 g/mol. The lowest BCUT2D eigenvalue weighted by Gasteiger charge is -2.11. The summed E-state index contributed by atoms with van der Waals surface area (Å²) in [5, 5.41) is 7.58. The first kappa shape index (κ1) is 27.2. The van der Waals surface area contributed by atoms with Crippen molar-refractivity contribution in [1.29, 1.82) is 0 Å². The maximum Gasteiger partial charge on any atom is 0.135 e. The van der Waals surface area contributed by atoms with Crippen LogP contribution in [0.5, 0.6) is 0 Å². The highest BCUT2D eigenvalue weighted by Crippen LogP contribution is 2.51. The van der Waals surface area contributed by atoms with Gasteiger partial charge in [0.1, 0.15) is 11.2 Å². The lowest BCUT2D eigenvalue weighted by Crippen LogP contribution is -1.85. The molecule has 51 heavy (non-hydrogen) atoms. The second-order valence-electron chi connectivity index (χ2n) is 14.0. The smallest absolute Gasteiger partial charge is 0.135 e. The van der Waals surface area contributed by atoms with E-state index in [9.17, 15) is 0 Å². The van der Waals surface area contributed by atoms with Gasteiger partial charge in [-0.2, -0.15) is 0 Å². The summed E-state index contributed by atoms with van der Waals surface area (Å²) in [6.07, 6.45) is 0. The van der Waals surface area contributed by atoms with Crippen molar-refractivity contribution in [3.63, 3.8) is 0 Å². The highest BCUT2D eigenvalue weighted by Gasteiger charge is 2.24. The minimum atomic E-state index is 0.910. The zero-order valence-electron chi connectivity index (χ0n) is 27.6. The molecule has 0 atom stereocenters. The van der Waals surface area contributed by atoms with Gasteiger partial charge in [-0.1, -0.05) is 146 Å². The Balaban J connectivity index is 0.941. The summed E-state index contributed by atoms with van der Waals surface area (Å²) in [6.45, 7) is 0. The summed E-state index contributed by atoms with van der Waals surface area (Å²) < 4.78 is 6.38. The van der Waals surface area contributed by atoms with Crippen LogP contribution in [0, 0.1) is 0 Å². The Bertz CT molecular complexity index is 3060. The molecule has 9 aromatic carbocycles. The summed E-state index contributed by atoms with van der Waals surface area (Å²) in [5.41, 5.74) is 19.8. The Morgan fingerprint density at radius 3 is 1.18 bits per heavy atom. The summed E-state index contributed by atoms with van der Waals surface area (Å²) in [4.78, 5) is 0. The summed E-state index contributed by atoms with van der Waals surface area (Å²) in [6, 6.07) is 62.4. The first-order chi connectivity index (χ1) is 25.3. The van der Waals surface area contributed by atoms with Crippen LogP contribution >= 0.6 is 0 Å². The normalized spacial score (nSPS) is 12.3. The molecule has 0 saturated heterocycles. The van der Waals surface area contributed by atoms with E-state index in [1.54, 1.807) is 0 Å².